The molecular weight excluding hydrogens is 462 g/mol. The van der Waals surface area contributed by atoms with Crippen molar-refractivity contribution in [3.63, 3.8) is 0 Å². The highest BCUT2D eigenvalue weighted by Gasteiger charge is 2.32. The molecule has 0 bridgehead atoms. The van der Waals surface area contributed by atoms with Crippen LogP contribution in [0.2, 0.25) is 0 Å². The molecule has 35 heavy (non-hydrogen) atoms. The number of nitrogens with zero attached hydrogens (tertiary/aromatic N) is 2. The van der Waals surface area contributed by atoms with E-state index in [-0.39, 0.29) is 43.9 Å². The van der Waals surface area contributed by atoms with Gasteiger partial charge in [-0.2, -0.15) is 4.31 Å². The van der Waals surface area contributed by atoms with Crippen LogP contribution >= 0.6 is 0 Å². The van der Waals surface area contributed by atoms with Crippen LogP contribution in [-0.2, 0) is 14.8 Å². The maximum atomic E-state index is 13.5. The predicted molar refractivity (Wildman–Crippen MR) is 137 cm³/mol. The molecule has 1 N–H and O–H groups in total. The first-order valence-electron chi connectivity index (χ1n) is 11.8. The summed E-state index contributed by atoms with van der Waals surface area (Å²) < 4.78 is 27.0. The Labute approximate surface area is 205 Å². The average molecular weight is 490 g/mol. The number of hydrogen-bond donors (Lipinski definition) is 1. The second-order valence-corrected chi connectivity index (χ2v) is 10.8. The van der Waals surface area contributed by atoms with Crippen molar-refractivity contribution in [2.75, 3.05) is 31.5 Å². The second kappa shape index (κ2) is 9.64. The number of benzene rings is 3. The smallest absolute Gasteiger partial charge is 0.256 e. The Balaban J connectivity index is 1.32. The minimum absolute atomic E-state index is 0.0158. The van der Waals surface area contributed by atoms with E-state index in [0.29, 0.717) is 11.3 Å². The van der Waals surface area contributed by atoms with Crippen molar-refractivity contribution >= 4 is 44.4 Å². The summed E-state index contributed by atoms with van der Waals surface area (Å²) >= 11 is 0. The number of amides is 2. The van der Waals surface area contributed by atoms with Gasteiger partial charge in [0.25, 0.3) is 5.91 Å². The van der Waals surface area contributed by atoms with Gasteiger partial charge in [0.15, 0.2) is 0 Å². The summed E-state index contributed by atoms with van der Waals surface area (Å²) in [5.41, 5.74) is 1.74. The zero-order chi connectivity index (χ0) is 24.4. The fourth-order valence-corrected chi connectivity index (χ4v) is 5.41. The van der Waals surface area contributed by atoms with Crippen LogP contribution in [0.25, 0.3) is 16.8 Å². The highest BCUT2D eigenvalue weighted by atomic mass is 32.2. The molecule has 0 aromatic heterocycles. The van der Waals surface area contributed by atoms with Crippen LogP contribution in [0.5, 0.6) is 0 Å². The summed E-state index contributed by atoms with van der Waals surface area (Å²) in [6.07, 6.45) is 3.33. The third-order valence-electron chi connectivity index (χ3n) is 6.44. The molecule has 8 heteroatoms. The Morgan fingerprint density at radius 2 is 1.49 bits per heavy atom. The topological polar surface area (TPSA) is 86.8 Å². The largest absolute Gasteiger partial charge is 0.336 e. The van der Waals surface area contributed by atoms with E-state index in [1.54, 1.807) is 11.0 Å². The van der Waals surface area contributed by atoms with Crippen molar-refractivity contribution in [2.45, 2.75) is 12.8 Å². The van der Waals surface area contributed by atoms with Gasteiger partial charge in [-0.3, -0.25) is 9.59 Å². The van der Waals surface area contributed by atoms with Gasteiger partial charge in [0.05, 0.1) is 11.3 Å². The van der Waals surface area contributed by atoms with Crippen LogP contribution < -0.4 is 5.32 Å². The van der Waals surface area contributed by atoms with Crippen molar-refractivity contribution in [1.29, 1.82) is 0 Å². The van der Waals surface area contributed by atoms with Crippen LogP contribution in [0.15, 0.2) is 72.1 Å². The molecule has 1 heterocycles. The first kappa shape index (κ1) is 23.3. The lowest BCUT2D eigenvalue weighted by atomic mass is 10.0. The maximum absolute atomic E-state index is 13.5. The fourth-order valence-electron chi connectivity index (χ4n) is 4.23. The number of piperazine rings is 1. The van der Waals surface area contributed by atoms with E-state index in [1.807, 2.05) is 66.7 Å². The van der Waals surface area contributed by atoms with Gasteiger partial charge in [-0.1, -0.05) is 54.6 Å². The van der Waals surface area contributed by atoms with E-state index in [4.69, 9.17) is 0 Å². The number of fused-ring (bicyclic) bond motifs is 1. The summed E-state index contributed by atoms with van der Waals surface area (Å²) in [7, 11) is -3.59. The Hall–Kier alpha value is -3.49. The van der Waals surface area contributed by atoms with Crippen LogP contribution in [0.4, 0.5) is 5.69 Å². The number of nitrogens with one attached hydrogen (secondary N) is 1. The highest BCUT2D eigenvalue weighted by molar-refractivity contribution is 7.92. The van der Waals surface area contributed by atoms with E-state index in [9.17, 15) is 18.0 Å². The molecule has 5 rings (SSSR count). The number of carbonyl (C=O) groups is 2. The van der Waals surface area contributed by atoms with Crippen molar-refractivity contribution in [3.8, 4) is 0 Å². The number of anilines is 1. The Morgan fingerprint density at radius 1 is 0.857 bits per heavy atom. The SMILES string of the molecule is O=C(Nc1cc2ccccc2cc1C(=O)N1CCN(S(=O)(=O)/C=C/c2ccccc2)CC1)C1CC1. The lowest BCUT2D eigenvalue weighted by Crippen LogP contribution is -2.50. The van der Waals surface area contributed by atoms with Crippen molar-refractivity contribution in [3.05, 3.63) is 83.3 Å². The molecule has 2 aliphatic rings. The average Bonchev–Trinajstić information content (AvgIpc) is 3.73. The zero-order valence-electron chi connectivity index (χ0n) is 19.3. The van der Waals surface area contributed by atoms with Gasteiger partial charge in [-0.05, 0) is 47.4 Å². The first-order valence-corrected chi connectivity index (χ1v) is 13.3. The van der Waals surface area contributed by atoms with Gasteiger partial charge >= 0.3 is 0 Å². The molecule has 0 atom stereocenters. The van der Waals surface area contributed by atoms with Crippen molar-refractivity contribution in [2.24, 2.45) is 5.92 Å². The molecule has 1 saturated heterocycles. The minimum Gasteiger partial charge on any atom is -0.336 e. The molecule has 180 valence electrons. The fraction of sp³-hybridized carbons (Fsp3) is 0.259. The van der Waals surface area contributed by atoms with Crippen LogP contribution in [0, 0.1) is 5.92 Å². The molecule has 1 saturated carbocycles. The normalized spacial score (nSPS) is 17.1. The van der Waals surface area contributed by atoms with E-state index in [1.165, 1.54) is 9.71 Å². The molecule has 2 amide bonds. The van der Waals surface area contributed by atoms with Gasteiger partial charge in [0.1, 0.15) is 0 Å². The monoisotopic (exact) mass is 489 g/mol. The number of sulfonamides is 1. The van der Waals surface area contributed by atoms with Crippen molar-refractivity contribution in [1.82, 2.24) is 9.21 Å². The van der Waals surface area contributed by atoms with Crippen LogP contribution in [0.3, 0.4) is 0 Å². The number of hydrogen-bond acceptors (Lipinski definition) is 4. The number of carbonyl (C=O) groups excluding carboxylic acids is 2. The molecule has 0 radical (unpaired) electrons. The molecular formula is C27H27N3O4S. The molecule has 3 aromatic carbocycles. The zero-order valence-corrected chi connectivity index (χ0v) is 20.1. The number of rotatable bonds is 6. The van der Waals surface area contributed by atoms with Gasteiger partial charge in [-0.25, -0.2) is 8.42 Å². The summed E-state index contributed by atoms with van der Waals surface area (Å²) in [5.74, 6) is -0.253. The third kappa shape index (κ3) is 5.28. The second-order valence-electron chi connectivity index (χ2n) is 8.96. The van der Waals surface area contributed by atoms with E-state index >= 15 is 0 Å². The summed E-state index contributed by atoms with van der Waals surface area (Å²) in [6, 6.07) is 20.6. The first-order chi connectivity index (χ1) is 16.9. The molecule has 7 nitrogen and oxygen atoms in total. The summed E-state index contributed by atoms with van der Waals surface area (Å²) in [6.45, 7) is 0.981. The summed E-state index contributed by atoms with van der Waals surface area (Å²) in [4.78, 5) is 27.6. The van der Waals surface area contributed by atoms with Gasteiger partial charge in [-0.15, -0.1) is 0 Å². The quantitative estimate of drug-likeness (QED) is 0.568. The van der Waals surface area contributed by atoms with E-state index in [2.05, 4.69) is 5.32 Å². The predicted octanol–water partition coefficient (Wildman–Crippen LogP) is 3.95. The summed E-state index contributed by atoms with van der Waals surface area (Å²) in [5, 5.41) is 6.02. The Bertz CT molecular complexity index is 1390. The minimum atomic E-state index is -3.59. The standard InChI is InChI=1S/C27H27N3O4S/c31-26(21-10-11-21)28-25-19-23-9-5-4-8-22(23)18-24(25)27(32)29-13-15-30(16-14-29)35(33,34)17-12-20-6-2-1-3-7-20/h1-9,12,17-19,21H,10-11,13-16H2,(H,28,31)/b17-12+. The molecule has 2 fully saturated rings. The lowest BCUT2D eigenvalue weighted by molar-refractivity contribution is -0.117. The molecule has 1 aliphatic heterocycles. The third-order valence-corrected chi connectivity index (χ3v) is 8.01. The Morgan fingerprint density at radius 3 is 2.14 bits per heavy atom. The van der Waals surface area contributed by atoms with Gasteiger partial charge < -0.3 is 10.2 Å². The van der Waals surface area contributed by atoms with Gasteiger partial charge in [0, 0.05) is 37.5 Å². The van der Waals surface area contributed by atoms with Gasteiger partial charge in [0.2, 0.25) is 15.9 Å². The van der Waals surface area contributed by atoms with Crippen LogP contribution in [0.1, 0.15) is 28.8 Å². The molecule has 1 aliphatic carbocycles. The molecule has 3 aromatic rings. The highest BCUT2D eigenvalue weighted by Crippen LogP contribution is 2.32. The van der Waals surface area contributed by atoms with Crippen molar-refractivity contribution < 1.29 is 18.0 Å². The molecule has 0 unspecified atom stereocenters. The Kier molecular flexibility index (Phi) is 6.40. The lowest BCUT2D eigenvalue weighted by Gasteiger charge is -2.33. The molecule has 0 spiro atoms. The van der Waals surface area contributed by atoms with Crippen LogP contribution in [-0.4, -0.2) is 55.6 Å². The maximum Gasteiger partial charge on any atom is 0.256 e. The van der Waals surface area contributed by atoms with E-state index < -0.39 is 10.0 Å². The van der Waals surface area contributed by atoms with E-state index in [0.717, 1.165) is 29.2 Å².